The summed E-state index contributed by atoms with van der Waals surface area (Å²) in [5.74, 6) is -1.98. The molecule has 0 aromatic heterocycles. The van der Waals surface area contributed by atoms with Crippen LogP contribution in [0.1, 0.15) is 26.7 Å². The van der Waals surface area contributed by atoms with E-state index >= 15 is 0 Å². The van der Waals surface area contributed by atoms with Crippen molar-refractivity contribution in [2.45, 2.75) is 140 Å². The number of rotatable bonds is 28. The van der Waals surface area contributed by atoms with E-state index in [1.807, 2.05) is 0 Å². The first-order chi connectivity index (χ1) is 26.1. The molecule has 4 atom stereocenters. The van der Waals surface area contributed by atoms with Crippen LogP contribution in [0.5, 0.6) is 0 Å². The highest BCUT2D eigenvalue weighted by Gasteiger charge is 2.70. The largest absolute Gasteiger partial charge is 0.460 e. The van der Waals surface area contributed by atoms with E-state index in [9.17, 15) is 19.2 Å². The first kappa shape index (κ1) is 51.1. The van der Waals surface area contributed by atoms with E-state index < -0.39 is 92.2 Å². The van der Waals surface area contributed by atoms with Gasteiger partial charge in [0.2, 0.25) is 17.4 Å². The Labute approximate surface area is 348 Å². The molecule has 2 aliphatic rings. The number of hydrogen-bond donors (Lipinski definition) is 0. The number of carbonyl (C=O) groups is 4. The zero-order valence-electron chi connectivity index (χ0n) is 36.6. The minimum absolute atomic E-state index is 0.00757. The van der Waals surface area contributed by atoms with E-state index in [1.54, 1.807) is 19.9 Å². The smallest absolute Gasteiger partial charge is 0.333 e. The summed E-state index contributed by atoms with van der Waals surface area (Å²) < 4.78 is 54.3. The molecule has 0 N–H and O–H groups in total. The zero-order chi connectivity index (χ0) is 43.5. The highest BCUT2D eigenvalue weighted by atomic mass is 28.4. The van der Waals surface area contributed by atoms with Crippen molar-refractivity contribution in [2.24, 2.45) is 0 Å². The van der Waals surface area contributed by atoms with Crippen LogP contribution in [0.4, 0.5) is 0 Å². The summed E-state index contributed by atoms with van der Waals surface area (Å²) in [6, 6.07) is 4.45. The van der Waals surface area contributed by atoms with Gasteiger partial charge in [-0.25, -0.2) is 19.2 Å². The second-order valence-corrected chi connectivity index (χ2v) is 40.7. The second-order valence-electron chi connectivity index (χ2n) is 17.7. The lowest BCUT2D eigenvalue weighted by Gasteiger charge is -2.35. The molecule has 0 saturated carbocycles. The third kappa shape index (κ3) is 18.0. The Kier molecular flexibility index (Phi) is 19.2. The summed E-state index contributed by atoms with van der Waals surface area (Å²) in [6.45, 7) is 36.4. The predicted octanol–water partition coefficient (Wildman–Crippen LogP) is 7.47. The second kappa shape index (κ2) is 21.5. The lowest BCUT2D eigenvalue weighted by atomic mass is 10.2. The third-order valence-electron chi connectivity index (χ3n) is 9.84. The van der Waals surface area contributed by atoms with E-state index in [4.69, 9.17) is 40.5 Å². The van der Waals surface area contributed by atoms with Crippen LogP contribution >= 0.6 is 0 Å². The summed E-state index contributed by atoms with van der Waals surface area (Å²) in [7, 11) is -12.3. The van der Waals surface area contributed by atoms with Gasteiger partial charge in [-0.05, 0) is 122 Å². The molecule has 1 saturated heterocycles. The van der Waals surface area contributed by atoms with Crippen molar-refractivity contribution in [1.82, 2.24) is 0 Å². The maximum atomic E-state index is 12.1. The zero-order valence-corrected chi connectivity index (χ0v) is 42.6. The number of cyclic esters (lactones) is 1. The lowest BCUT2D eigenvalue weighted by Crippen LogP contribution is -2.47. The van der Waals surface area contributed by atoms with Crippen molar-refractivity contribution in [1.29, 1.82) is 0 Å². The van der Waals surface area contributed by atoms with E-state index in [0.717, 1.165) is 49.1 Å². The third-order valence-corrected chi connectivity index (χ3v) is 30.6. The Balaban J connectivity index is 1.80. The molecule has 2 aliphatic heterocycles. The molecule has 0 amide bonds. The summed E-state index contributed by atoms with van der Waals surface area (Å²) in [4.78, 5) is 47.7. The number of hydrogen-bond acceptors (Lipinski definition) is 13. The molecule has 4 unspecified atom stereocenters. The van der Waals surface area contributed by atoms with Crippen LogP contribution in [0.2, 0.25) is 95.7 Å². The highest BCUT2D eigenvalue weighted by Crippen LogP contribution is 2.49. The molecule has 57 heavy (non-hydrogen) atoms. The highest BCUT2D eigenvalue weighted by molar-refractivity contribution is 6.87. The van der Waals surface area contributed by atoms with Gasteiger partial charge in [-0.2, -0.15) is 0 Å². The van der Waals surface area contributed by atoms with Crippen molar-refractivity contribution in [2.75, 3.05) is 26.4 Å². The number of carbonyl (C=O) groups excluding carboxylic acids is 4. The Morgan fingerprint density at radius 2 is 1.47 bits per heavy atom. The van der Waals surface area contributed by atoms with Crippen LogP contribution < -0.4 is 0 Å². The standard InChI is InChI=1S/C38H69O13Si6/c1-16-34(39)44-28-38(29-45-37(42)31(4)5)49-57(38,15)26-25-55(11,12)51-56(13,14)46-21-17-18-23-53(7,8)50-54(9,10)24-22-52(6)48-33(27-43-36(41)30(2)3)32-19-20-35(40)47-32/h16,19-20,32-33H,1-2,4,17-18,21-29H2,3,5-15H3. The summed E-state index contributed by atoms with van der Waals surface area (Å²) in [5, 5.41) is -0.809. The fourth-order valence-corrected chi connectivity index (χ4v) is 32.8. The van der Waals surface area contributed by atoms with Crippen LogP contribution in [-0.2, 0) is 59.6 Å². The summed E-state index contributed by atoms with van der Waals surface area (Å²) in [6.07, 6.45) is 4.90. The minimum Gasteiger partial charge on any atom is -0.460 e. The van der Waals surface area contributed by atoms with Gasteiger partial charge in [0.1, 0.15) is 37.3 Å². The maximum absolute atomic E-state index is 12.1. The number of unbranched alkanes of at least 4 members (excludes halogenated alkanes) is 1. The van der Waals surface area contributed by atoms with Gasteiger partial charge >= 0.3 is 32.4 Å². The average molecular weight is 902 g/mol. The molecule has 0 aromatic carbocycles. The molecule has 0 spiro atoms. The monoisotopic (exact) mass is 901 g/mol. The van der Waals surface area contributed by atoms with Crippen molar-refractivity contribution in [3.8, 4) is 0 Å². The van der Waals surface area contributed by atoms with E-state index in [1.165, 1.54) is 6.08 Å². The van der Waals surface area contributed by atoms with Crippen molar-refractivity contribution in [3.05, 3.63) is 49.1 Å². The molecule has 0 aliphatic carbocycles. The number of esters is 4. The van der Waals surface area contributed by atoms with Crippen LogP contribution in [0, 0.1) is 0 Å². The molecule has 19 heteroatoms. The van der Waals surface area contributed by atoms with Crippen molar-refractivity contribution >= 4 is 74.7 Å². The quantitative estimate of drug-likeness (QED) is 0.0191. The van der Waals surface area contributed by atoms with E-state index in [-0.39, 0.29) is 19.8 Å². The topological polar surface area (TPSA) is 155 Å². The van der Waals surface area contributed by atoms with Crippen LogP contribution in [0.3, 0.4) is 0 Å². The van der Waals surface area contributed by atoms with Gasteiger partial charge in [-0.3, -0.25) is 0 Å². The fourth-order valence-electron chi connectivity index (χ4n) is 6.61. The van der Waals surface area contributed by atoms with Crippen molar-refractivity contribution in [3.63, 3.8) is 0 Å². The molecule has 0 aromatic rings. The lowest BCUT2D eigenvalue weighted by molar-refractivity contribution is -0.148. The van der Waals surface area contributed by atoms with Gasteiger partial charge in [0.25, 0.3) is 0 Å². The average Bonchev–Trinajstić information content (AvgIpc) is 3.43. The van der Waals surface area contributed by atoms with E-state index in [0.29, 0.717) is 17.8 Å². The Bertz CT molecular complexity index is 1500. The molecule has 323 valence electrons. The first-order valence-corrected chi connectivity index (χ1v) is 36.6. The molecule has 1 radical (unpaired) electrons. The van der Waals surface area contributed by atoms with Gasteiger partial charge in [0.15, 0.2) is 25.0 Å². The number of ether oxygens (including phenoxy) is 4. The van der Waals surface area contributed by atoms with Gasteiger partial charge in [0.05, 0.1) is 0 Å². The minimum atomic E-state index is -2.43. The Morgan fingerprint density at radius 3 is 2.05 bits per heavy atom. The van der Waals surface area contributed by atoms with Crippen LogP contribution in [-0.4, -0.2) is 119 Å². The SMILES string of the molecule is C=CC(=O)OCC1(COC(=O)C(=C)C)O[Si]1(C)CC[Si](C)(C)O[Si](C)(C)OCCCC[Si](C)(C)O[Si](C)(C)CC[Si](C)OC(COC(=O)C(=C)C)C1C=CC(=O)O1. The summed E-state index contributed by atoms with van der Waals surface area (Å²) >= 11 is 0. The van der Waals surface area contributed by atoms with Gasteiger partial charge in [-0.1, -0.05) is 26.2 Å². The van der Waals surface area contributed by atoms with Crippen LogP contribution in [0.15, 0.2) is 49.1 Å². The van der Waals surface area contributed by atoms with Gasteiger partial charge in [-0.15, -0.1) is 0 Å². The van der Waals surface area contributed by atoms with Crippen molar-refractivity contribution < 1.29 is 59.6 Å². The van der Waals surface area contributed by atoms with Crippen LogP contribution in [0.25, 0.3) is 0 Å². The fraction of sp³-hybridized carbons (Fsp3) is 0.684. The molecule has 13 nitrogen and oxygen atoms in total. The molecule has 2 heterocycles. The molecule has 1 fully saturated rings. The molecular weight excluding hydrogens is 833 g/mol. The Hall–Kier alpha value is -2.06. The molecule has 2 rings (SSSR count). The molecular formula is C38H69O13Si6. The summed E-state index contributed by atoms with van der Waals surface area (Å²) in [5.41, 5.74) is 0.593. The first-order valence-electron chi connectivity index (χ1n) is 19.7. The van der Waals surface area contributed by atoms with Gasteiger partial charge in [0, 0.05) is 29.9 Å². The van der Waals surface area contributed by atoms with E-state index in [2.05, 4.69) is 85.2 Å². The molecule has 0 bridgehead atoms. The van der Waals surface area contributed by atoms with Gasteiger partial charge < -0.3 is 40.5 Å². The Morgan fingerprint density at radius 1 is 0.895 bits per heavy atom. The normalized spacial score (nSPS) is 21.5. The maximum Gasteiger partial charge on any atom is 0.333 e. The predicted molar refractivity (Wildman–Crippen MR) is 235 cm³/mol.